The van der Waals surface area contributed by atoms with Crippen LogP contribution in [-0.2, 0) is 9.59 Å². The lowest BCUT2D eigenvalue weighted by Crippen LogP contribution is -2.29. The van der Waals surface area contributed by atoms with E-state index >= 15 is 0 Å². The zero-order valence-corrected chi connectivity index (χ0v) is 9.49. The molecule has 1 aliphatic rings. The minimum Gasteiger partial charge on any atom is -0.298 e. The maximum atomic E-state index is 11.6. The van der Waals surface area contributed by atoms with Crippen molar-refractivity contribution in [3.63, 3.8) is 0 Å². The Morgan fingerprint density at radius 3 is 2.07 bits per heavy atom. The molecule has 0 aliphatic carbocycles. The van der Waals surface area contributed by atoms with Crippen LogP contribution in [0.15, 0.2) is 24.6 Å². The van der Waals surface area contributed by atoms with Crippen LogP contribution in [0.1, 0.15) is 33.6 Å². The Labute approximate surface area is 90.5 Å². The number of nitrogens with zero attached hydrogens (tertiary/aromatic N) is 1. The molecule has 0 aromatic carbocycles. The first-order valence-electron chi connectivity index (χ1n) is 5.26. The smallest absolute Gasteiger partial charge is 0.230 e. The second-order valence-electron chi connectivity index (χ2n) is 3.85. The summed E-state index contributed by atoms with van der Waals surface area (Å²) < 4.78 is 0. The van der Waals surface area contributed by atoms with Crippen molar-refractivity contribution in [2.24, 2.45) is 5.41 Å². The van der Waals surface area contributed by atoms with E-state index < -0.39 is 5.41 Å². The molecule has 0 saturated heterocycles. The van der Waals surface area contributed by atoms with E-state index in [9.17, 15) is 9.59 Å². The van der Waals surface area contributed by atoms with Crippen LogP contribution >= 0.6 is 0 Å². The first-order chi connectivity index (χ1) is 7.03. The number of carbonyl (C=O) groups excluding carboxylic acids is 2. The number of amides is 1. The van der Waals surface area contributed by atoms with Crippen molar-refractivity contribution >= 4 is 11.7 Å². The molecule has 0 N–H and O–H groups in total. The number of Topliss-reactive ketones (excluding diaryl/α,β-unsaturated/α-hetero) is 1. The van der Waals surface area contributed by atoms with Crippen LogP contribution in [0.25, 0.3) is 0 Å². The van der Waals surface area contributed by atoms with Crippen molar-refractivity contribution in [1.82, 2.24) is 4.90 Å². The molecule has 0 saturated carbocycles. The fraction of sp³-hybridized carbons (Fsp3) is 0.500. The van der Waals surface area contributed by atoms with Gasteiger partial charge in [0, 0.05) is 25.2 Å². The van der Waals surface area contributed by atoms with Crippen molar-refractivity contribution in [1.29, 1.82) is 0 Å². The van der Waals surface area contributed by atoms with E-state index in [0.717, 1.165) is 0 Å². The average molecular weight is 207 g/mol. The number of rotatable bonds is 3. The molecule has 0 bridgehead atoms. The van der Waals surface area contributed by atoms with E-state index in [2.05, 4.69) is 0 Å². The first-order valence-corrected chi connectivity index (χ1v) is 5.26. The SMILES string of the molecule is CCC(=O)N1C=CC(C)(C(=O)CC)C=C1. The molecule has 1 heterocycles. The number of ketones is 1. The van der Waals surface area contributed by atoms with Gasteiger partial charge < -0.3 is 0 Å². The van der Waals surface area contributed by atoms with Gasteiger partial charge in [0.1, 0.15) is 5.78 Å². The van der Waals surface area contributed by atoms with Gasteiger partial charge in [-0.2, -0.15) is 0 Å². The van der Waals surface area contributed by atoms with Crippen molar-refractivity contribution in [3.05, 3.63) is 24.6 Å². The zero-order chi connectivity index (χ0) is 11.5. The van der Waals surface area contributed by atoms with Gasteiger partial charge in [0.25, 0.3) is 0 Å². The number of carbonyl (C=O) groups is 2. The number of hydrogen-bond acceptors (Lipinski definition) is 2. The minimum atomic E-state index is -0.542. The van der Waals surface area contributed by atoms with Crippen LogP contribution in [-0.4, -0.2) is 16.6 Å². The Morgan fingerprint density at radius 1 is 1.13 bits per heavy atom. The highest BCUT2D eigenvalue weighted by Gasteiger charge is 2.28. The molecule has 1 aliphatic heterocycles. The molecule has 0 radical (unpaired) electrons. The van der Waals surface area contributed by atoms with Crippen LogP contribution < -0.4 is 0 Å². The fourth-order valence-corrected chi connectivity index (χ4v) is 1.49. The highest BCUT2D eigenvalue weighted by atomic mass is 16.2. The highest BCUT2D eigenvalue weighted by Crippen LogP contribution is 2.27. The van der Waals surface area contributed by atoms with E-state index in [-0.39, 0.29) is 11.7 Å². The first kappa shape index (κ1) is 11.7. The van der Waals surface area contributed by atoms with Crippen molar-refractivity contribution in [2.75, 3.05) is 0 Å². The lowest BCUT2D eigenvalue weighted by molar-refractivity contribution is -0.127. The van der Waals surface area contributed by atoms with Gasteiger partial charge >= 0.3 is 0 Å². The molecule has 3 heteroatoms. The molecule has 82 valence electrons. The van der Waals surface area contributed by atoms with Gasteiger partial charge in [-0.05, 0) is 6.92 Å². The highest BCUT2D eigenvalue weighted by molar-refractivity contribution is 5.89. The largest absolute Gasteiger partial charge is 0.298 e. The van der Waals surface area contributed by atoms with Gasteiger partial charge in [0.15, 0.2) is 0 Å². The van der Waals surface area contributed by atoms with Gasteiger partial charge in [-0.1, -0.05) is 26.0 Å². The quantitative estimate of drug-likeness (QED) is 0.711. The third kappa shape index (κ3) is 2.35. The lowest BCUT2D eigenvalue weighted by atomic mass is 9.83. The predicted octanol–water partition coefficient (Wildman–Crippen LogP) is 2.25. The molecule has 0 spiro atoms. The van der Waals surface area contributed by atoms with Gasteiger partial charge in [0.05, 0.1) is 5.41 Å². The summed E-state index contributed by atoms with van der Waals surface area (Å²) >= 11 is 0. The van der Waals surface area contributed by atoms with E-state index in [1.165, 1.54) is 4.90 Å². The second kappa shape index (κ2) is 4.43. The number of allylic oxidation sites excluding steroid dienone is 2. The summed E-state index contributed by atoms with van der Waals surface area (Å²) in [6.45, 7) is 5.52. The van der Waals surface area contributed by atoms with Gasteiger partial charge in [-0.15, -0.1) is 0 Å². The average Bonchev–Trinajstić information content (AvgIpc) is 2.28. The summed E-state index contributed by atoms with van der Waals surface area (Å²) in [5, 5.41) is 0. The standard InChI is InChI=1S/C12H17NO2/c1-4-10(14)12(3)6-8-13(9-7-12)11(15)5-2/h6-9H,4-5H2,1-3H3. The van der Waals surface area contributed by atoms with Crippen LogP contribution in [0.3, 0.4) is 0 Å². The topological polar surface area (TPSA) is 37.4 Å². The van der Waals surface area contributed by atoms with E-state index in [0.29, 0.717) is 12.8 Å². The minimum absolute atomic E-state index is 0.0356. The van der Waals surface area contributed by atoms with Gasteiger partial charge in [0.2, 0.25) is 5.91 Å². The summed E-state index contributed by atoms with van der Waals surface area (Å²) in [7, 11) is 0. The summed E-state index contributed by atoms with van der Waals surface area (Å²) in [5.41, 5.74) is -0.542. The fourth-order valence-electron chi connectivity index (χ4n) is 1.49. The second-order valence-corrected chi connectivity index (χ2v) is 3.85. The summed E-state index contributed by atoms with van der Waals surface area (Å²) in [6.07, 6.45) is 7.90. The molecule has 1 rings (SSSR count). The summed E-state index contributed by atoms with van der Waals surface area (Å²) in [6, 6.07) is 0. The predicted molar refractivity (Wildman–Crippen MR) is 58.8 cm³/mol. The molecular formula is C12H17NO2. The Bertz CT molecular complexity index is 315. The van der Waals surface area contributed by atoms with Crippen molar-refractivity contribution in [3.8, 4) is 0 Å². The van der Waals surface area contributed by atoms with Crippen LogP contribution in [0.2, 0.25) is 0 Å². The van der Waals surface area contributed by atoms with Gasteiger partial charge in [-0.3, -0.25) is 14.5 Å². The molecular weight excluding hydrogens is 190 g/mol. The van der Waals surface area contributed by atoms with Crippen LogP contribution in [0.5, 0.6) is 0 Å². The molecule has 0 fully saturated rings. The third-order valence-corrected chi connectivity index (χ3v) is 2.68. The Balaban J connectivity index is 2.79. The maximum absolute atomic E-state index is 11.6. The van der Waals surface area contributed by atoms with Gasteiger partial charge in [-0.25, -0.2) is 0 Å². The molecule has 1 amide bonds. The molecule has 0 unspecified atom stereocenters. The monoisotopic (exact) mass is 207 g/mol. The molecule has 0 aromatic heterocycles. The molecule has 3 nitrogen and oxygen atoms in total. The van der Waals surface area contributed by atoms with E-state index in [4.69, 9.17) is 0 Å². The summed E-state index contributed by atoms with van der Waals surface area (Å²) in [5.74, 6) is 0.201. The van der Waals surface area contributed by atoms with E-state index in [1.807, 2.05) is 20.8 Å². The third-order valence-electron chi connectivity index (χ3n) is 2.68. The Hall–Kier alpha value is -1.38. The van der Waals surface area contributed by atoms with Crippen molar-refractivity contribution < 1.29 is 9.59 Å². The zero-order valence-electron chi connectivity index (χ0n) is 9.49. The van der Waals surface area contributed by atoms with Crippen molar-refractivity contribution in [2.45, 2.75) is 33.6 Å². The van der Waals surface area contributed by atoms with E-state index in [1.54, 1.807) is 24.6 Å². The van der Waals surface area contributed by atoms with Crippen LogP contribution in [0.4, 0.5) is 0 Å². The maximum Gasteiger partial charge on any atom is 0.230 e. The Morgan fingerprint density at radius 2 is 1.67 bits per heavy atom. The lowest BCUT2D eigenvalue weighted by Gasteiger charge is -2.26. The van der Waals surface area contributed by atoms with Crippen LogP contribution in [0, 0.1) is 5.41 Å². The molecule has 0 aromatic rings. The molecule has 15 heavy (non-hydrogen) atoms. The Kier molecular flexibility index (Phi) is 3.45. The molecule has 0 atom stereocenters. The normalized spacial score (nSPS) is 17.9. The number of hydrogen-bond donors (Lipinski definition) is 0. The summed E-state index contributed by atoms with van der Waals surface area (Å²) in [4.78, 5) is 24.5.